The van der Waals surface area contributed by atoms with Crippen molar-refractivity contribution in [1.29, 1.82) is 5.26 Å². The molecule has 0 fully saturated rings. The molecule has 92 valence electrons. The number of rotatable bonds is 3. The highest BCUT2D eigenvalue weighted by Crippen LogP contribution is 2.21. The van der Waals surface area contributed by atoms with Gasteiger partial charge in [-0.2, -0.15) is 16.6 Å². The molecule has 0 amide bonds. The lowest BCUT2D eigenvalue weighted by Gasteiger charge is -2.09. The fraction of sp³-hybridized carbons (Fsp3) is 0.0833. The molecule has 1 aromatic carbocycles. The van der Waals surface area contributed by atoms with Crippen molar-refractivity contribution in [2.75, 3.05) is 4.72 Å². The molecular weight excluding hydrogens is 268 g/mol. The van der Waals surface area contributed by atoms with Gasteiger partial charge in [0.25, 0.3) is 10.0 Å². The summed E-state index contributed by atoms with van der Waals surface area (Å²) in [4.78, 5) is 0.132. The standard InChI is InChI=1S/C12H10N2O2S2/c1-9-2-3-10(7-13)6-12(9)18(15,16)14-11-4-5-17-8-11/h2-6,8,14H,1H3. The Bertz CT molecular complexity index is 698. The van der Waals surface area contributed by atoms with Crippen LogP contribution in [0.2, 0.25) is 0 Å². The van der Waals surface area contributed by atoms with Crippen LogP contribution in [0.25, 0.3) is 0 Å². The number of anilines is 1. The minimum absolute atomic E-state index is 0.132. The molecular formula is C12H10N2O2S2. The number of sulfonamides is 1. The maximum Gasteiger partial charge on any atom is 0.262 e. The Morgan fingerprint density at radius 1 is 1.33 bits per heavy atom. The highest BCUT2D eigenvalue weighted by Gasteiger charge is 2.17. The topological polar surface area (TPSA) is 70.0 Å². The van der Waals surface area contributed by atoms with Crippen LogP contribution in [0.3, 0.4) is 0 Å². The first-order chi connectivity index (χ1) is 8.53. The van der Waals surface area contributed by atoms with Crippen molar-refractivity contribution >= 4 is 27.0 Å². The van der Waals surface area contributed by atoms with E-state index < -0.39 is 10.0 Å². The number of thiophene rings is 1. The summed E-state index contributed by atoms with van der Waals surface area (Å²) >= 11 is 1.41. The second-order valence-electron chi connectivity index (χ2n) is 3.71. The maximum atomic E-state index is 12.2. The number of aryl methyl sites for hydroxylation is 1. The van der Waals surface area contributed by atoms with Crippen LogP contribution in [0.4, 0.5) is 5.69 Å². The largest absolute Gasteiger partial charge is 0.279 e. The van der Waals surface area contributed by atoms with Gasteiger partial charge in [0, 0.05) is 5.38 Å². The summed E-state index contributed by atoms with van der Waals surface area (Å²) in [5.74, 6) is 0. The number of nitrogens with zero attached hydrogens (tertiary/aromatic N) is 1. The fourth-order valence-electron chi connectivity index (χ4n) is 1.49. The normalized spacial score (nSPS) is 10.9. The Hall–Kier alpha value is -1.84. The van der Waals surface area contributed by atoms with E-state index in [2.05, 4.69) is 4.72 Å². The third-order valence-electron chi connectivity index (χ3n) is 2.38. The number of benzene rings is 1. The van der Waals surface area contributed by atoms with Crippen LogP contribution in [0.15, 0.2) is 39.9 Å². The van der Waals surface area contributed by atoms with Crippen LogP contribution in [-0.4, -0.2) is 8.42 Å². The molecule has 0 saturated heterocycles. The quantitative estimate of drug-likeness (QED) is 0.938. The molecule has 0 aliphatic heterocycles. The average Bonchev–Trinajstić information content (AvgIpc) is 2.81. The van der Waals surface area contributed by atoms with Crippen molar-refractivity contribution in [2.24, 2.45) is 0 Å². The van der Waals surface area contributed by atoms with Gasteiger partial charge in [0.05, 0.1) is 22.2 Å². The summed E-state index contributed by atoms with van der Waals surface area (Å²) in [5.41, 5.74) is 1.46. The lowest BCUT2D eigenvalue weighted by Crippen LogP contribution is -2.14. The molecule has 0 aliphatic carbocycles. The molecule has 0 unspecified atom stereocenters. The van der Waals surface area contributed by atoms with Crippen molar-refractivity contribution in [3.05, 3.63) is 46.2 Å². The number of hydrogen-bond acceptors (Lipinski definition) is 4. The summed E-state index contributed by atoms with van der Waals surface area (Å²) in [5, 5.41) is 12.3. The fourth-order valence-corrected chi connectivity index (χ4v) is 3.48. The molecule has 0 bridgehead atoms. The molecule has 1 heterocycles. The van der Waals surface area contributed by atoms with Crippen LogP contribution >= 0.6 is 11.3 Å². The molecule has 6 heteroatoms. The van der Waals surface area contributed by atoms with Crippen molar-refractivity contribution in [1.82, 2.24) is 0 Å². The highest BCUT2D eigenvalue weighted by atomic mass is 32.2. The van der Waals surface area contributed by atoms with E-state index in [0.29, 0.717) is 16.8 Å². The van der Waals surface area contributed by atoms with Gasteiger partial charge in [0.1, 0.15) is 0 Å². The molecule has 1 N–H and O–H groups in total. The van der Waals surface area contributed by atoms with Gasteiger partial charge in [-0.25, -0.2) is 8.42 Å². The Balaban J connectivity index is 2.44. The third-order valence-corrected chi connectivity index (χ3v) is 4.59. The van der Waals surface area contributed by atoms with E-state index in [0.717, 1.165) is 0 Å². The van der Waals surface area contributed by atoms with Crippen molar-refractivity contribution in [2.45, 2.75) is 11.8 Å². The van der Waals surface area contributed by atoms with Crippen LogP contribution in [0.1, 0.15) is 11.1 Å². The second kappa shape index (κ2) is 4.80. The predicted molar refractivity (Wildman–Crippen MR) is 71.0 cm³/mol. The summed E-state index contributed by atoms with van der Waals surface area (Å²) in [7, 11) is -3.64. The average molecular weight is 278 g/mol. The SMILES string of the molecule is Cc1ccc(C#N)cc1S(=O)(=O)Nc1ccsc1. The lowest BCUT2D eigenvalue weighted by molar-refractivity contribution is 0.600. The van der Waals surface area contributed by atoms with Crippen molar-refractivity contribution in [3.63, 3.8) is 0 Å². The summed E-state index contributed by atoms with van der Waals surface area (Å²) in [6.45, 7) is 1.70. The molecule has 4 nitrogen and oxygen atoms in total. The Kier molecular flexibility index (Phi) is 3.36. The lowest BCUT2D eigenvalue weighted by atomic mass is 10.2. The Labute approximate surface area is 110 Å². The van der Waals surface area contributed by atoms with E-state index in [1.165, 1.54) is 17.4 Å². The first-order valence-electron chi connectivity index (χ1n) is 5.09. The smallest absolute Gasteiger partial charge is 0.262 e. The van der Waals surface area contributed by atoms with Crippen molar-refractivity contribution < 1.29 is 8.42 Å². The van der Waals surface area contributed by atoms with E-state index in [9.17, 15) is 8.42 Å². The van der Waals surface area contributed by atoms with E-state index in [-0.39, 0.29) is 4.90 Å². The summed E-state index contributed by atoms with van der Waals surface area (Å²) in [6, 6.07) is 8.22. The third kappa shape index (κ3) is 2.53. The second-order valence-corrected chi connectivity index (χ2v) is 6.14. The van der Waals surface area contributed by atoms with Gasteiger partial charge < -0.3 is 0 Å². The molecule has 0 radical (unpaired) electrons. The van der Waals surface area contributed by atoms with Gasteiger partial charge in [-0.3, -0.25) is 4.72 Å². The zero-order valence-corrected chi connectivity index (χ0v) is 11.2. The van der Waals surface area contributed by atoms with Gasteiger partial charge in [0.2, 0.25) is 0 Å². The van der Waals surface area contributed by atoms with Gasteiger partial charge in [-0.15, -0.1) is 0 Å². The molecule has 0 spiro atoms. The molecule has 18 heavy (non-hydrogen) atoms. The molecule has 0 atom stereocenters. The first-order valence-corrected chi connectivity index (χ1v) is 7.51. The maximum absolute atomic E-state index is 12.2. The van der Waals surface area contributed by atoms with Crippen LogP contribution in [-0.2, 0) is 10.0 Å². The van der Waals surface area contributed by atoms with E-state index in [4.69, 9.17) is 5.26 Å². The highest BCUT2D eigenvalue weighted by molar-refractivity contribution is 7.92. The molecule has 1 aromatic heterocycles. The zero-order valence-electron chi connectivity index (χ0n) is 9.54. The van der Waals surface area contributed by atoms with Crippen LogP contribution in [0.5, 0.6) is 0 Å². The van der Waals surface area contributed by atoms with Crippen LogP contribution in [0, 0.1) is 18.3 Å². The first kappa shape index (κ1) is 12.6. The van der Waals surface area contributed by atoms with Crippen LogP contribution < -0.4 is 4.72 Å². The number of nitrogens with one attached hydrogen (secondary N) is 1. The van der Waals surface area contributed by atoms with E-state index >= 15 is 0 Å². The Morgan fingerprint density at radius 3 is 2.72 bits per heavy atom. The minimum Gasteiger partial charge on any atom is -0.279 e. The molecule has 0 aliphatic rings. The van der Waals surface area contributed by atoms with Gasteiger partial charge in [-0.1, -0.05) is 6.07 Å². The predicted octanol–water partition coefficient (Wildman–Crippen LogP) is 2.73. The van der Waals surface area contributed by atoms with Gasteiger partial charge >= 0.3 is 0 Å². The van der Waals surface area contributed by atoms with Gasteiger partial charge in [-0.05, 0) is 36.1 Å². The van der Waals surface area contributed by atoms with Gasteiger partial charge in [0.15, 0.2) is 0 Å². The summed E-state index contributed by atoms with van der Waals surface area (Å²) < 4.78 is 26.8. The number of nitriles is 1. The Morgan fingerprint density at radius 2 is 2.11 bits per heavy atom. The monoisotopic (exact) mass is 278 g/mol. The zero-order chi connectivity index (χ0) is 13.2. The van der Waals surface area contributed by atoms with E-state index in [1.807, 2.05) is 6.07 Å². The van der Waals surface area contributed by atoms with E-state index in [1.54, 1.807) is 35.9 Å². The minimum atomic E-state index is -3.64. The summed E-state index contributed by atoms with van der Waals surface area (Å²) in [6.07, 6.45) is 0. The number of hydrogen-bond donors (Lipinski definition) is 1. The van der Waals surface area contributed by atoms with Crippen molar-refractivity contribution in [3.8, 4) is 6.07 Å². The molecule has 2 rings (SSSR count). The molecule has 0 saturated carbocycles. The molecule has 2 aromatic rings.